The molecule has 0 saturated carbocycles. The predicted octanol–water partition coefficient (Wildman–Crippen LogP) is 15.9. The van der Waals surface area contributed by atoms with Crippen molar-refractivity contribution in [2.75, 3.05) is 4.90 Å². The minimum atomic E-state index is -0.543. The van der Waals surface area contributed by atoms with E-state index >= 15 is 0 Å². The van der Waals surface area contributed by atoms with E-state index in [0.717, 1.165) is 44.6 Å². The summed E-state index contributed by atoms with van der Waals surface area (Å²) in [5.74, 6) is 0. The smallest absolute Gasteiger partial charge is 0.137 e. The van der Waals surface area contributed by atoms with Crippen molar-refractivity contribution in [2.24, 2.45) is 0 Å². The normalized spacial score (nSPS) is 12.7. The zero-order valence-electron chi connectivity index (χ0n) is 33.4. The summed E-state index contributed by atoms with van der Waals surface area (Å²) in [5, 5.41) is 4.65. The van der Waals surface area contributed by atoms with Crippen molar-refractivity contribution < 1.29 is 4.42 Å². The lowest BCUT2D eigenvalue weighted by Crippen LogP contribution is -2.28. The van der Waals surface area contributed by atoms with Gasteiger partial charge in [-0.15, -0.1) is 0 Å². The van der Waals surface area contributed by atoms with E-state index in [2.05, 4.69) is 235 Å². The van der Waals surface area contributed by atoms with Crippen molar-refractivity contribution >= 4 is 49.8 Å². The number of anilines is 3. The first kappa shape index (κ1) is 35.0. The average molecular weight is 778 g/mol. The van der Waals surface area contributed by atoms with Gasteiger partial charge in [-0.2, -0.15) is 0 Å². The van der Waals surface area contributed by atoms with Gasteiger partial charge in [0, 0.05) is 33.8 Å². The zero-order valence-corrected chi connectivity index (χ0v) is 33.4. The highest BCUT2D eigenvalue weighted by atomic mass is 16.3. The molecular formula is C59H39NO. The number of rotatable bonds is 7. The van der Waals surface area contributed by atoms with Crippen LogP contribution < -0.4 is 4.90 Å². The molecule has 61 heavy (non-hydrogen) atoms. The second-order valence-electron chi connectivity index (χ2n) is 16.0. The Morgan fingerprint density at radius 1 is 0.344 bits per heavy atom. The van der Waals surface area contributed by atoms with Gasteiger partial charge in [0.25, 0.3) is 0 Å². The summed E-state index contributed by atoms with van der Waals surface area (Å²) >= 11 is 0. The van der Waals surface area contributed by atoms with Crippen LogP contribution in [0.2, 0.25) is 0 Å². The van der Waals surface area contributed by atoms with Crippen LogP contribution in [0.3, 0.4) is 0 Å². The first-order chi connectivity index (χ1) is 30.3. The molecule has 0 unspecified atom stereocenters. The predicted molar refractivity (Wildman–Crippen MR) is 254 cm³/mol. The highest BCUT2D eigenvalue weighted by Gasteiger charge is 2.46. The van der Waals surface area contributed by atoms with E-state index in [1.165, 1.54) is 60.8 Å². The molecule has 1 aliphatic rings. The van der Waals surface area contributed by atoms with E-state index in [0.29, 0.717) is 0 Å². The fourth-order valence-corrected chi connectivity index (χ4v) is 10.2. The minimum Gasteiger partial charge on any atom is -0.456 e. The second kappa shape index (κ2) is 14.1. The molecule has 10 aromatic carbocycles. The van der Waals surface area contributed by atoms with Crippen LogP contribution in [0.25, 0.3) is 66.1 Å². The van der Waals surface area contributed by atoms with Crippen LogP contribution in [0.15, 0.2) is 241 Å². The van der Waals surface area contributed by atoms with Crippen molar-refractivity contribution in [3.05, 3.63) is 259 Å². The largest absolute Gasteiger partial charge is 0.456 e. The highest BCUT2D eigenvalue weighted by molar-refractivity contribution is 6.10. The third-order valence-electron chi connectivity index (χ3n) is 12.7. The molecule has 1 heterocycles. The molecule has 286 valence electrons. The standard InChI is InChI=1S/C59H39NO/c1-3-18-40(19-4-1)46-30-15-20-41-21-16-31-52(58(41)46)49-28-9-13-34-55(49)60(45-36-37-51-50-29-10-14-35-56(50)61-57(51)39-45)44-25-17-24-43(38-44)59(42-22-5-2-6-23-42)53-32-11-7-26-47(53)48-27-8-12-33-54(48)59/h1-39H. The monoisotopic (exact) mass is 777 g/mol. The molecule has 0 saturated heterocycles. The fraction of sp³-hybridized carbons (Fsp3) is 0.0169. The molecule has 0 atom stereocenters. The second-order valence-corrected chi connectivity index (χ2v) is 16.0. The first-order valence-corrected chi connectivity index (χ1v) is 21.0. The van der Waals surface area contributed by atoms with E-state index in [1.807, 2.05) is 6.07 Å². The molecule has 0 bridgehead atoms. The molecule has 0 fully saturated rings. The third kappa shape index (κ3) is 5.43. The lowest BCUT2D eigenvalue weighted by Gasteiger charge is -2.35. The SMILES string of the molecule is c1ccc(-c2cccc3cccc(-c4ccccc4N(c4cccc(C5(c6ccccc6)c6ccccc6-c6ccccc65)c4)c4ccc5c(c4)oc4ccccc45)c23)cc1. The molecule has 0 aliphatic heterocycles. The van der Waals surface area contributed by atoms with E-state index in [9.17, 15) is 0 Å². The molecule has 12 rings (SSSR count). The minimum absolute atomic E-state index is 0.543. The van der Waals surface area contributed by atoms with E-state index < -0.39 is 5.41 Å². The molecule has 11 aromatic rings. The number of nitrogens with zero attached hydrogens (tertiary/aromatic N) is 1. The van der Waals surface area contributed by atoms with Gasteiger partial charge in [-0.3, -0.25) is 0 Å². The number of hydrogen-bond donors (Lipinski definition) is 0. The van der Waals surface area contributed by atoms with Gasteiger partial charge in [0.05, 0.1) is 11.1 Å². The van der Waals surface area contributed by atoms with Crippen molar-refractivity contribution in [2.45, 2.75) is 5.41 Å². The van der Waals surface area contributed by atoms with Gasteiger partial charge in [-0.25, -0.2) is 0 Å². The van der Waals surface area contributed by atoms with Gasteiger partial charge >= 0.3 is 0 Å². The number of fused-ring (bicyclic) bond motifs is 7. The fourth-order valence-electron chi connectivity index (χ4n) is 10.2. The van der Waals surface area contributed by atoms with Crippen LogP contribution in [0.1, 0.15) is 22.3 Å². The Balaban J connectivity index is 1.14. The highest BCUT2D eigenvalue weighted by Crippen LogP contribution is 2.57. The van der Waals surface area contributed by atoms with Gasteiger partial charge in [0.1, 0.15) is 11.2 Å². The third-order valence-corrected chi connectivity index (χ3v) is 12.7. The Morgan fingerprint density at radius 2 is 0.902 bits per heavy atom. The Bertz CT molecular complexity index is 3380. The van der Waals surface area contributed by atoms with Crippen LogP contribution in [-0.2, 0) is 5.41 Å². The summed E-state index contributed by atoms with van der Waals surface area (Å²) in [6, 6.07) is 86.1. The number of benzene rings is 10. The summed E-state index contributed by atoms with van der Waals surface area (Å²) in [6.45, 7) is 0. The summed E-state index contributed by atoms with van der Waals surface area (Å²) < 4.78 is 6.58. The molecule has 0 spiro atoms. The van der Waals surface area contributed by atoms with Crippen LogP contribution >= 0.6 is 0 Å². The quantitative estimate of drug-likeness (QED) is 0.160. The van der Waals surface area contributed by atoms with E-state index in [1.54, 1.807) is 0 Å². The zero-order chi connectivity index (χ0) is 40.3. The molecule has 2 nitrogen and oxygen atoms in total. The van der Waals surface area contributed by atoms with Crippen LogP contribution in [0.4, 0.5) is 17.1 Å². The van der Waals surface area contributed by atoms with Crippen molar-refractivity contribution in [1.29, 1.82) is 0 Å². The van der Waals surface area contributed by atoms with Crippen molar-refractivity contribution in [3.63, 3.8) is 0 Å². The lowest BCUT2D eigenvalue weighted by molar-refractivity contribution is 0.669. The van der Waals surface area contributed by atoms with Gasteiger partial charge in [-0.1, -0.05) is 194 Å². The van der Waals surface area contributed by atoms with Gasteiger partial charge in [0.15, 0.2) is 0 Å². The van der Waals surface area contributed by atoms with Crippen molar-refractivity contribution in [3.8, 4) is 33.4 Å². The molecule has 2 heteroatoms. The molecule has 1 aromatic heterocycles. The van der Waals surface area contributed by atoms with Crippen molar-refractivity contribution in [1.82, 2.24) is 0 Å². The number of furan rings is 1. The van der Waals surface area contributed by atoms with E-state index in [4.69, 9.17) is 4.42 Å². The van der Waals surface area contributed by atoms with Crippen LogP contribution in [-0.4, -0.2) is 0 Å². The maximum atomic E-state index is 6.58. The molecule has 1 aliphatic carbocycles. The molecule has 0 amide bonds. The first-order valence-electron chi connectivity index (χ1n) is 21.0. The summed E-state index contributed by atoms with van der Waals surface area (Å²) in [4.78, 5) is 2.43. The van der Waals surface area contributed by atoms with Crippen LogP contribution in [0.5, 0.6) is 0 Å². The Kier molecular flexibility index (Phi) is 8.11. The Labute approximate surface area is 355 Å². The maximum Gasteiger partial charge on any atom is 0.137 e. The summed E-state index contributed by atoms with van der Waals surface area (Å²) in [5.41, 5.74) is 16.6. The Morgan fingerprint density at radius 3 is 1.67 bits per heavy atom. The van der Waals surface area contributed by atoms with E-state index in [-0.39, 0.29) is 0 Å². The van der Waals surface area contributed by atoms with Gasteiger partial charge in [0.2, 0.25) is 0 Å². The lowest BCUT2D eigenvalue weighted by atomic mass is 9.67. The Hall–Kier alpha value is -7.94. The topological polar surface area (TPSA) is 16.4 Å². The summed E-state index contributed by atoms with van der Waals surface area (Å²) in [7, 11) is 0. The molecule has 0 N–H and O–H groups in total. The number of hydrogen-bond acceptors (Lipinski definition) is 2. The van der Waals surface area contributed by atoms with Gasteiger partial charge in [-0.05, 0) is 97.2 Å². The maximum absolute atomic E-state index is 6.58. The van der Waals surface area contributed by atoms with Crippen LogP contribution in [0, 0.1) is 0 Å². The number of para-hydroxylation sites is 2. The molecule has 0 radical (unpaired) electrons. The molecular weight excluding hydrogens is 739 g/mol. The summed E-state index contributed by atoms with van der Waals surface area (Å²) in [6.07, 6.45) is 0. The average Bonchev–Trinajstić information content (AvgIpc) is 3.86. The van der Waals surface area contributed by atoms with Gasteiger partial charge < -0.3 is 9.32 Å².